The monoisotopic (exact) mass is 329 g/mol. The number of benzene rings is 1. The maximum Gasteiger partial charge on any atom is 0.192 e. The molecule has 0 saturated heterocycles. The van der Waals surface area contributed by atoms with Gasteiger partial charge in [0, 0.05) is 12.8 Å². The van der Waals surface area contributed by atoms with Gasteiger partial charge in [-0.2, -0.15) is 0 Å². The molecular weight excluding hydrogens is 305 g/mol. The highest BCUT2D eigenvalue weighted by Gasteiger charge is 2.61. The molecule has 3 aliphatic rings. The van der Waals surface area contributed by atoms with Gasteiger partial charge in [-0.3, -0.25) is 0 Å². The fraction of sp³-hybridized carbons (Fsp3) is 0.500. The van der Waals surface area contributed by atoms with E-state index in [1.165, 1.54) is 6.42 Å². The molecule has 0 radical (unpaired) electrons. The molecule has 0 amide bonds. The summed E-state index contributed by atoms with van der Waals surface area (Å²) in [6, 6.07) is 10.0. The number of dihydropyridines is 1. The van der Waals surface area contributed by atoms with Crippen molar-refractivity contribution in [1.82, 2.24) is 5.32 Å². The minimum absolute atomic E-state index is 0.0572. The molecule has 0 bridgehead atoms. The largest absolute Gasteiger partial charge is 0.373 e. The van der Waals surface area contributed by atoms with Crippen molar-refractivity contribution in [2.75, 3.05) is 0 Å². The van der Waals surface area contributed by atoms with Crippen LogP contribution in [0.2, 0.25) is 0 Å². The summed E-state index contributed by atoms with van der Waals surface area (Å²) in [4.78, 5) is 0. The summed E-state index contributed by atoms with van der Waals surface area (Å²) in [5, 5.41) is 3.15. The molecule has 128 valence electrons. The fourth-order valence-electron chi connectivity index (χ4n) is 3.55. The normalized spacial score (nSPS) is 35.1. The molecule has 4 heteroatoms. The summed E-state index contributed by atoms with van der Waals surface area (Å²) < 4.78 is 27.6. The van der Waals surface area contributed by atoms with E-state index in [0.717, 1.165) is 18.4 Å². The zero-order chi connectivity index (χ0) is 16.5. The first kappa shape index (κ1) is 15.9. The van der Waals surface area contributed by atoms with Crippen LogP contribution in [0.25, 0.3) is 0 Å². The van der Waals surface area contributed by atoms with Crippen molar-refractivity contribution < 1.29 is 13.9 Å². The van der Waals surface area contributed by atoms with Crippen LogP contribution >= 0.6 is 0 Å². The molecule has 3 nitrogen and oxygen atoms in total. The van der Waals surface area contributed by atoms with Gasteiger partial charge in [0.15, 0.2) is 11.4 Å². The first-order chi connectivity index (χ1) is 11.7. The molecule has 1 unspecified atom stereocenters. The van der Waals surface area contributed by atoms with Crippen LogP contribution in [-0.2, 0) is 16.1 Å². The lowest BCUT2D eigenvalue weighted by Gasteiger charge is -2.54. The van der Waals surface area contributed by atoms with E-state index in [0.29, 0.717) is 19.4 Å². The van der Waals surface area contributed by atoms with Crippen molar-refractivity contribution in [1.29, 1.82) is 0 Å². The lowest BCUT2D eigenvalue weighted by atomic mass is 9.70. The van der Waals surface area contributed by atoms with E-state index >= 15 is 4.39 Å². The predicted octanol–water partition coefficient (Wildman–Crippen LogP) is 4.01. The summed E-state index contributed by atoms with van der Waals surface area (Å²) in [6.45, 7) is 0.529. The smallest absolute Gasteiger partial charge is 0.192 e. The van der Waals surface area contributed by atoms with Gasteiger partial charge in [-0.25, -0.2) is 4.39 Å². The summed E-state index contributed by atoms with van der Waals surface area (Å²) >= 11 is 0. The van der Waals surface area contributed by atoms with Gasteiger partial charge in [0.25, 0.3) is 0 Å². The molecule has 0 aromatic heterocycles. The molecule has 24 heavy (non-hydrogen) atoms. The van der Waals surface area contributed by atoms with E-state index in [9.17, 15) is 0 Å². The van der Waals surface area contributed by atoms with Crippen molar-refractivity contribution in [3.8, 4) is 0 Å². The molecule has 1 aliphatic heterocycles. The van der Waals surface area contributed by atoms with Crippen molar-refractivity contribution in [2.45, 2.75) is 62.3 Å². The fourth-order valence-corrected chi connectivity index (χ4v) is 3.55. The third-order valence-corrected chi connectivity index (χ3v) is 5.34. The van der Waals surface area contributed by atoms with Gasteiger partial charge in [-0.1, -0.05) is 36.4 Å². The molecule has 1 aromatic rings. The van der Waals surface area contributed by atoms with Crippen molar-refractivity contribution in [3.63, 3.8) is 0 Å². The Morgan fingerprint density at radius 1 is 1.08 bits per heavy atom. The number of alkyl halides is 1. The van der Waals surface area contributed by atoms with Gasteiger partial charge in [-0.15, -0.1) is 0 Å². The molecule has 1 N–H and O–H groups in total. The molecule has 1 atom stereocenters. The van der Waals surface area contributed by atoms with Crippen molar-refractivity contribution in [2.24, 2.45) is 0 Å². The lowest BCUT2D eigenvalue weighted by molar-refractivity contribution is -0.233. The van der Waals surface area contributed by atoms with Crippen LogP contribution in [0.4, 0.5) is 4.39 Å². The maximum atomic E-state index is 15.6. The Morgan fingerprint density at radius 3 is 2.50 bits per heavy atom. The minimum Gasteiger partial charge on any atom is -0.373 e. The molecule has 2 aliphatic carbocycles. The zero-order valence-electron chi connectivity index (χ0n) is 13.8. The van der Waals surface area contributed by atoms with Crippen LogP contribution in [0.1, 0.15) is 37.7 Å². The first-order valence-corrected chi connectivity index (χ1v) is 8.83. The van der Waals surface area contributed by atoms with Gasteiger partial charge in [0.05, 0.1) is 18.8 Å². The van der Waals surface area contributed by atoms with E-state index in [1.807, 2.05) is 48.6 Å². The molecule has 2 fully saturated rings. The second-order valence-corrected chi connectivity index (χ2v) is 7.06. The lowest BCUT2D eigenvalue weighted by Crippen LogP contribution is -2.68. The number of allylic oxidation sites excluding steroid dienone is 2. The van der Waals surface area contributed by atoms with Crippen LogP contribution in [0.15, 0.2) is 54.8 Å². The number of halogens is 1. The van der Waals surface area contributed by atoms with Crippen LogP contribution in [0, 0.1) is 0 Å². The Kier molecular flexibility index (Phi) is 4.19. The Morgan fingerprint density at radius 2 is 1.88 bits per heavy atom. The summed E-state index contributed by atoms with van der Waals surface area (Å²) in [5.74, 6) is 0. The molecule has 1 aromatic carbocycles. The van der Waals surface area contributed by atoms with Gasteiger partial charge in [0.1, 0.15) is 0 Å². The topological polar surface area (TPSA) is 30.5 Å². The molecular formula is C20H24FNO2. The Labute approximate surface area is 142 Å². The van der Waals surface area contributed by atoms with Crippen LogP contribution in [0.5, 0.6) is 0 Å². The van der Waals surface area contributed by atoms with Gasteiger partial charge >= 0.3 is 0 Å². The summed E-state index contributed by atoms with van der Waals surface area (Å²) in [5.41, 5.74) is -1.35. The molecule has 0 spiro atoms. The number of rotatable bonds is 6. The quantitative estimate of drug-likeness (QED) is 0.855. The van der Waals surface area contributed by atoms with Crippen LogP contribution < -0.4 is 5.32 Å². The third kappa shape index (κ3) is 2.89. The summed E-state index contributed by atoms with van der Waals surface area (Å²) in [6.07, 6.45) is 11.4. The van der Waals surface area contributed by atoms with E-state index < -0.39 is 11.4 Å². The first-order valence-electron chi connectivity index (χ1n) is 8.83. The molecule has 2 saturated carbocycles. The van der Waals surface area contributed by atoms with Gasteiger partial charge in [-0.05, 0) is 43.2 Å². The van der Waals surface area contributed by atoms with Crippen LogP contribution in [-0.4, -0.2) is 23.6 Å². The van der Waals surface area contributed by atoms with Gasteiger partial charge < -0.3 is 14.8 Å². The summed E-state index contributed by atoms with van der Waals surface area (Å²) in [7, 11) is 0. The van der Waals surface area contributed by atoms with E-state index in [-0.39, 0.29) is 12.2 Å². The second-order valence-electron chi connectivity index (χ2n) is 7.06. The zero-order valence-corrected chi connectivity index (χ0v) is 13.8. The van der Waals surface area contributed by atoms with Crippen molar-refractivity contribution in [3.05, 3.63) is 60.3 Å². The SMILES string of the molecule is FC1(C2(OC3CCC3)C=CC=CN2)CC(OCc2ccccc2)C1. The van der Waals surface area contributed by atoms with Crippen LogP contribution in [0.3, 0.4) is 0 Å². The minimum atomic E-state index is -1.43. The average molecular weight is 329 g/mol. The Bertz CT molecular complexity index is 620. The standard InChI is InChI=1S/C20H24FNO2/c21-19(13-18(14-19)23-15-16-7-2-1-3-8-16)20(11-4-5-12-22-20)24-17-9-6-10-17/h1-5,7-8,11-12,17-18,22H,6,9-10,13-15H2. The highest BCUT2D eigenvalue weighted by molar-refractivity contribution is 5.26. The Balaban J connectivity index is 1.37. The number of nitrogens with one attached hydrogen (secondary N) is 1. The molecule has 1 heterocycles. The average Bonchev–Trinajstić information content (AvgIpc) is 2.56. The van der Waals surface area contributed by atoms with Gasteiger partial charge in [0.2, 0.25) is 0 Å². The number of hydrogen-bond acceptors (Lipinski definition) is 3. The third-order valence-electron chi connectivity index (χ3n) is 5.34. The number of hydrogen-bond donors (Lipinski definition) is 1. The molecule has 4 rings (SSSR count). The van der Waals surface area contributed by atoms with E-state index in [4.69, 9.17) is 9.47 Å². The van der Waals surface area contributed by atoms with E-state index in [2.05, 4.69) is 5.32 Å². The highest BCUT2D eigenvalue weighted by Crippen LogP contribution is 2.49. The highest BCUT2D eigenvalue weighted by atomic mass is 19.1. The second kappa shape index (κ2) is 6.34. The van der Waals surface area contributed by atoms with E-state index in [1.54, 1.807) is 6.20 Å². The predicted molar refractivity (Wildman–Crippen MR) is 91.0 cm³/mol. The number of ether oxygens (including phenoxy) is 2. The Hall–Kier alpha value is -1.65. The maximum absolute atomic E-state index is 15.6. The van der Waals surface area contributed by atoms with Crippen molar-refractivity contribution >= 4 is 0 Å².